The summed E-state index contributed by atoms with van der Waals surface area (Å²) in [6, 6.07) is 13.7. The highest BCUT2D eigenvalue weighted by molar-refractivity contribution is 5.93. The van der Waals surface area contributed by atoms with Crippen molar-refractivity contribution in [3.05, 3.63) is 65.5 Å². The quantitative estimate of drug-likeness (QED) is 0.885. The monoisotopic (exact) mass is 258 g/mol. The largest absolute Gasteiger partial charge is 0.379 e. The van der Waals surface area contributed by atoms with Crippen LogP contribution in [0.25, 0.3) is 0 Å². The van der Waals surface area contributed by atoms with Crippen LogP contribution >= 0.6 is 0 Å². The van der Waals surface area contributed by atoms with E-state index >= 15 is 0 Å². The second-order valence-electron chi connectivity index (χ2n) is 4.11. The average Bonchev–Trinajstić information content (AvgIpc) is 2.46. The Kier molecular flexibility index (Phi) is 4.13. The van der Waals surface area contributed by atoms with Crippen LogP contribution in [0.15, 0.2) is 48.5 Å². The number of halogens is 1. The Labute approximate surface area is 111 Å². The van der Waals surface area contributed by atoms with Gasteiger partial charge in [0.15, 0.2) is 0 Å². The molecule has 98 valence electrons. The molecule has 0 radical (unpaired) electrons. The minimum Gasteiger partial charge on any atom is -0.379 e. The maximum atomic E-state index is 13.4. The van der Waals surface area contributed by atoms with E-state index < -0.39 is 0 Å². The van der Waals surface area contributed by atoms with Crippen molar-refractivity contribution >= 4 is 11.6 Å². The van der Waals surface area contributed by atoms with Gasteiger partial charge in [0.05, 0.1) is 5.69 Å². The van der Waals surface area contributed by atoms with Crippen LogP contribution in [0.1, 0.15) is 15.9 Å². The number of hydrogen-bond donors (Lipinski definition) is 2. The molecule has 0 saturated heterocycles. The van der Waals surface area contributed by atoms with Crippen molar-refractivity contribution in [1.82, 2.24) is 5.32 Å². The summed E-state index contributed by atoms with van der Waals surface area (Å²) in [6.45, 7) is 0.509. The van der Waals surface area contributed by atoms with Crippen LogP contribution in [0.2, 0.25) is 0 Å². The molecule has 19 heavy (non-hydrogen) atoms. The standard InChI is InChI=1S/C15H15FN2O/c1-17-15(19)12-8-6-11(7-9-12)10-18-14-5-3-2-4-13(14)16/h2-9,18H,10H2,1H3,(H,17,19). The molecule has 0 aliphatic heterocycles. The Morgan fingerprint density at radius 3 is 2.42 bits per heavy atom. The third-order valence-electron chi connectivity index (χ3n) is 2.80. The lowest BCUT2D eigenvalue weighted by Gasteiger charge is -2.08. The number of carbonyl (C=O) groups is 1. The predicted molar refractivity (Wildman–Crippen MR) is 73.6 cm³/mol. The summed E-state index contributed by atoms with van der Waals surface area (Å²) in [4.78, 5) is 11.4. The van der Waals surface area contributed by atoms with Crippen molar-refractivity contribution in [2.24, 2.45) is 0 Å². The van der Waals surface area contributed by atoms with Gasteiger partial charge in [-0.25, -0.2) is 4.39 Å². The highest BCUT2D eigenvalue weighted by atomic mass is 19.1. The van der Waals surface area contributed by atoms with E-state index in [9.17, 15) is 9.18 Å². The topological polar surface area (TPSA) is 41.1 Å². The van der Waals surface area contributed by atoms with Crippen LogP contribution in [0.3, 0.4) is 0 Å². The van der Waals surface area contributed by atoms with Gasteiger partial charge < -0.3 is 10.6 Å². The first-order valence-electron chi connectivity index (χ1n) is 6.00. The molecule has 0 unspecified atom stereocenters. The van der Waals surface area contributed by atoms with Gasteiger partial charge in [0, 0.05) is 19.2 Å². The van der Waals surface area contributed by atoms with Crippen LogP contribution in [0, 0.1) is 5.82 Å². The highest BCUT2D eigenvalue weighted by Gasteiger charge is 2.03. The second-order valence-corrected chi connectivity index (χ2v) is 4.11. The van der Waals surface area contributed by atoms with Crippen molar-refractivity contribution in [3.63, 3.8) is 0 Å². The molecule has 0 aliphatic carbocycles. The van der Waals surface area contributed by atoms with Gasteiger partial charge in [0.25, 0.3) is 5.91 Å². The molecule has 0 fully saturated rings. The fourth-order valence-corrected chi connectivity index (χ4v) is 1.72. The molecule has 2 aromatic rings. The van der Waals surface area contributed by atoms with Gasteiger partial charge in [-0.1, -0.05) is 24.3 Å². The number of benzene rings is 2. The SMILES string of the molecule is CNC(=O)c1ccc(CNc2ccccc2F)cc1. The summed E-state index contributed by atoms with van der Waals surface area (Å²) in [6.07, 6.45) is 0. The molecule has 4 heteroatoms. The smallest absolute Gasteiger partial charge is 0.251 e. The van der Waals surface area contributed by atoms with E-state index in [-0.39, 0.29) is 11.7 Å². The van der Waals surface area contributed by atoms with Gasteiger partial charge in [-0.2, -0.15) is 0 Å². The molecule has 0 bridgehead atoms. The van der Waals surface area contributed by atoms with Gasteiger partial charge in [-0.3, -0.25) is 4.79 Å². The molecule has 2 rings (SSSR count). The summed E-state index contributed by atoms with van der Waals surface area (Å²) in [5.74, 6) is -0.391. The van der Waals surface area contributed by atoms with Crippen LogP contribution in [0.4, 0.5) is 10.1 Å². The fraction of sp³-hybridized carbons (Fsp3) is 0.133. The van der Waals surface area contributed by atoms with E-state index in [2.05, 4.69) is 10.6 Å². The fourth-order valence-electron chi connectivity index (χ4n) is 1.72. The number of nitrogens with one attached hydrogen (secondary N) is 2. The third-order valence-corrected chi connectivity index (χ3v) is 2.80. The van der Waals surface area contributed by atoms with Gasteiger partial charge in [0.1, 0.15) is 5.82 Å². The Bertz CT molecular complexity index is 567. The first-order valence-corrected chi connectivity index (χ1v) is 6.00. The maximum Gasteiger partial charge on any atom is 0.251 e. The van der Waals surface area contributed by atoms with E-state index in [1.807, 2.05) is 12.1 Å². The summed E-state index contributed by atoms with van der Waals surface area (Å²) in [5.41, 5.74) is 2.06. The van der Waals surface area contributed by atoms with Gasteiger partial charge in [-0.05, 0) is 29.8 Å². The second kappa shape index (κ2) is 6.00. The normalized spacial score (nSPS) is 10.0. The lowest BCUT2D eigenvalue weighted by molar-refractivity contribution is 0.0963. The van der Waals surface area contributed by atoms with E-state index in [1.54, 1.807) is 37.4 Å². The summed E-state index contributed by atoms with van der Waals surface area (Å²) >= 11 is 0. The number of amides is 1. The minimum absolute atomic E-state index is 0.117. The van der Waals surface area contributed by atoms with Crippen molar-refractivity contribution in [3.8, 4) is 0 Å². The molecule has 0 spiro atoms. The first-order chi connectivity index (χ1) is 9.20. The van der Waals surface area contributed by atoms with Crippen LogP contribution in [0.5, 0.6) is 0 Å². The van der Waals surface area contributed by atoms with Crippen molar-refractivity contribution in [2.75, 3.05) is 12.4 Å². The number of rotatable bonds is 4. The lowest BCUT2D eigenvalue weighted by Crippen LogP contribution is -2.17. The summed E-state index contributed by atoms with van der Waals surface area (Å²) in [7, 11) is 1.59. The van der Waals surface area contributed by atoms with E-state index in [1.165, 1.54) is 6.07 Å². The lowest BCUT2D eigenvalue weighted by atomic mass is 10.1. The number of anilines is 1. The van der Waals surface area contributed by atoms with Crippen molar-refractivity contribution < 1.29 is 9.18 Å². The zero-order valence-corrected chi connectivity index (χ0v) is 10.6. The predicted octanol–water partition coefficient (Wildman–Crippen LogP) is 2.80. The maximum absolute atomic E-state index is 13.4. The molecular weight excluding hydrogens is 243 g/mol. The highest BCUT2D eigenvalue weighted by Crippen LogP contribution is 2.14. The molecule has 0 saturated carbocycles. The van der Waals surface area contributed by atoms with E-state index in [4.69, 9.17) is 0 Å². The van der Waals surface area contributed by atoms with Gasteiger partial charge in [-0.15, -0.1) is 0 Å². The van der Waals surface area contributed by atoms with Gasteiger partial charge in [0.2, 0.25) is 0 Å². The first kappa shape index (κ1) is 13.1. The van der Waals surface area contributed by atoms with E-state index in [0.717, 1.165) is 5.56 Å². The average molecular weight is 258 g/mol. The van der Waals surface area contributed by atoms with Crippen molar-refractivity contribution in [2.45, 2.75) is 6.54 Å². The van der Waals surface area contributed by atoms with Crippen LogP contribution in [-0.2, 0) is 6.54 Å². The van der Waals surface area contributed by atoms with Crippen LogP contribution in [-0.4, -0.2) is 13.0 Å². The molecule has 0 heterocycles. The van der Waals surface area contributed by atoms with Gasteiger partial charge >= 0.3 is 0 Å². The molecule has 2 N–H and O–H groups in total. The Morgan fingerprint density at radius 1 is 1.11 bits per heavy atom. The van der Waals surface area contributed by atoms with Crippen LogP contribution < -0.4 is 10.6 Å². The molecule has 2 aromatic carbocycles. The Balaban J connectivity index is 2.01. The molecule has 3 nitrogen and oxygen atoms in total. The zero-order chi connectivity index (χ0) is 13.7. The third kappa shape index (κ3) is 3.31. The van der Waals surface area contributed by atoms with Crippen molar-refractivity contribution in [1.29, 1.82) is 0 Å². The molecule has 0 atom stereocenters. The number of para-hydroxylation sites is 1. The summed E-state index contributed by atoms with van der Waals surface area (Å²) < 4.78 is 13.4. The molecular formula is C15H15FN2O. The Morgan fingerprint density at radius 2 is 1.79 bits per heavy atom. The number of hydrogen-bond acceptors (Lipinski definition) is 2. The van der Waals surface area contributed by atoms with E-state index in [0.29, 0.717) is 17.8 Å². The minimum atomic E-state index is -0.274. The molecule has 1 amide bonds. The molecule has 0 aromatic heterocycles. The number of carbonyl (C=O) groups excluding carboxylic acids is 1. The molecule has 0 aliphatic rings. The summed E-state index contributed by atoms with van der Waals surface area (Å²) in [5, 5.41) is 5.58. The zero-order valence-electron chi connectivity index (χ0n) is 10.6. The Hall–Kier alpha value is -2.36.